The number of thioether (sulfide) groups is 1. The first kappa shape index (κ1) is 23.7. The van der Waals surface area contributed by atoms with Crippen molar-refractivity contribution in [1.29, 1.82) is 0 Å². The van der Waals surface area contributed by atoms with Gasteiger partial charge in [-0.25, -0.2) is 13.4 Å². The van der Waals surface area contributed by atoms with E-state index in [-0.39, 0.29) is 22.9 Å². The maximum atomic E-state index is 13.1. The summed E-state index contributed by atoms with van der Waals surface area (Å²) in [4.78, 5) is 16.9. The molecule has 1 amide bonds. The normalized spacial score (nSPS) is 12.2. The molecule has 1 N–H and O–H groups in total. The smallest absolute Gasteiger partial charge is 0.243 e. The van der Waals surface area contributed by atoms with Crippen LogP contribution in [0.4, 0.5) is 5.13 Å². The topological polar surface area (TPSA) is 79.4 Å². The summed E-state index contributed by atoms with van der Waals surface area (Å²) in [6.07, 6.45) is 0. The maximum Gasteiger partial charge on any atom is 0.243 e. The van der Waals surface area contributed by atoms with Crippen molar-refractivity contribution in [1.82, 2.24) is 9.29 Å². The maximum absolute atomic E-state index is 13.1. The molecule has 2 aromatic carbocycles. The van der Waals surface area contributed by atoms with E-state index in [2.05, 4.69) is 10.3 Å². The second-order valence-electron chi connectivity index (χ2n) is 7.70. The van der Waals surface area contributed by atoms with Gasteiger partial charge in [0, 0.05) is 17.8 Å². The molecule has 6 nitrogen and oxygen atoms in total. The predicted molar refractivity (Wildman–Crippen MR) is 130 cm³/mol. The largest absolute Gasteiger partial charge is 0.301 e. The van der Waals surface area contributed by atoms with Crippen LogP contribution in [0.1, 0.15) is 33.3 Å². The third-order valence-corrected chi connectivity index (χ3v) is 8.73. The summed E-state index contributed by atoms with van der Waals surface area (Å²) in [5.74, 6) is 0.957. The van der Waals surface area contributed by atoms with Gasteiger partial charge in [0.1, 0.15) is 0 Å². The summed E-state index contributed by atoms with van der Waals surface area (Å²) in [7, 11) is -3.62. The van der Waals surface area contributed by atoms with E-state index in [1.54, 1.807) is 18.2 Å². The molecule has 166 valence electrons. The Morgan fingerprint density at radius 3 is 2.42 bits per heavy atom. The van der Waals surface area contributed by atoms with Crippen molar-refractivity contribution in [2.45, 2.75) is 50.4 Å². The summed E-state index contributed by atoms with van der Waals surface area (Å²) >= 11 is 2.81. The average Bonchev–Trinajstić information content (AvgIpc) is 3.09. The van der Waals surface area contributed by atoms with Gasteiger partial charge in [-0.15, -0.1) is 11.8 Å². The number of hydrogen-bond donors (Lipinski definition) is 1. The number of rotatable bonds is 9. The van der Waals surface area contributed by atoms with Gasteiger partial charge in [0.2, 0.25) is 15.9 Å². The van der Waals surface area contributed by atoms with Gasteiger partial charge in [-0.05, 0) is 51.5 Å². The highest BCUT2D eigenvalue weighted by molar-refractivity contribution is 7.99. The molecule has 0 unspecified atom stereocenters. The number of nitrogens with zero attached hydrogens (tertiary/aromatic N) is 2. The van der Waals surface area contributed by atoms with Crippen LogP contribution in [0, 0.1) is 0 Å². The Morgan fingerprint density at radius 1 is 1.10 bits per heavy atom. The van der Waals surface area contributed by atoms with Crippen LogP contribution < -0.4 is 5.32 Å². The van der Waals surface area contributed by atoms with Crippen LogP contribution in [0.15, 0.2) is 53.4 Å². The monoisotopic (exact) mass is 477 g/mol. The first-order valence-electron chi connectivity index (χ1n) is 10.0. The van der Waals surface area contributed by atoms with E-state index in [0.29, 0.717) is 16.4 Å². The Bertz CT molecular complexity index is 1130. The molecule has 0 radical (unpaired) electrons. The number of hydrogen-bond acceptors (Lipinski definition) is 6. The quantitative estimate of drug-likeness (QED) is 0.470. The third kappa shape index (κ3) is 5.85. The van der Waals surface area contributed by atoms with Crippen LogP contribution in [0.2, 0.25) is 0 Å². The first-order valence-corrected chi connectivity index (χ1v) is 13.4. The molecule has 31 heavy (non-hydrogen) atoms. The van der Waals surface area contributed by atoms with Crippen LogP contribution in [0.3, 0.4) is 0 Å². The fourth-order valence-corrected chi connectivity index (χ4v) is 7.03. The van der Waals surface area contributed by atoms with Crippen LogP contribution in [0.25, 0.3) is 10.2 Å². The van der Waals surface area contributed by atoms with Crippen LogP contribution in [0.5, 0.6) is 0 Å². The molecule has 3 aromatic rings. The molecule has 0 aliphatic rings. The zero-order valence-corrected chi connectivity index (χ0v) is 20.5. The summed E-state index contributed by atoms with van der Waals surface area (Å²) in [6, 6.07) is 14.6. The molecule has 3 rings (SSSR count). The van der Waals surface area contributed by atoms with Gasteiger partial charge >= 0.3 is 0 Å². The van der Waals surface area contributed by atoms with Gasteiger partial charge in [-0.3, -0.25) is 4.79 Å². The van der Waals surface area contributed by atoms with Crippen molar-refractivity contribution in [2.75, 3.05) is 11.1 Å². The van der Waals surface area contributed by atoms with Gasteiger partial charge in [0.25, 0.3) is 0 Å². The van der Waals surface area contributed by atoms with Crippen LogP contribution >= 0.6 is 23.1 Å². The molecule has 1 aromatic heterocycles. The Morgan fingerprint density at radius 2 is 1.77 bits per heavy atom. The molecule has 0 fully saturated rings. The average molecular weight is 478 g/mol. The van der Waals surface area contributed by atoms with Crippen molar-refractivity contribution in [3.63, 3.8) is 0 Å². The number of fused-ring (bicyclic) bond motifs is 1. The van der Waals surface area contributed by atoms with E-state index in [0.717, 1.165) is 10.5 Å². The number of anilines is 1. The molecule has 9 heteroatoms. The number of thiazole rings is 1. The van der Waals surface area contributed by atoms with E-state index in [9.17, 15) is 13.2 Å². The molecule has 0 aliphatic heterocycles. The van der Waals surface area contributed by atoms with E-state index in [4.69, 9.17) is 0 Å². The van der Waals surface area contributed by atoms with Gasteiger partial charge in [-0.1, -0.05) is 41.7 Å². The van der Waals surface area contributed by atoms with Crippen molar-refractivity contribution in [3.8, 4) is 0 Å². The molecule has 0 saturated carbocycles. The lowest BCUT2D eigenvalue weighted by Crippen LogP contribution is -2.41. The molecule has 1 heterocycles. The Balaban J connectivity index is 1.70. The van der Waals surface area contributed by atoms with E-state index in [1.807, 2.05) is 58.0 Å². The number of benzene rings is 2. The summed E-state index contributed by atoms with van der Waals surface area (Å²) in [5, 5.41) is 3.29. The Kier molecular flexibility index (Phi) is 7.74. The van der Waals surface area contributed by atoms with Gasteiger partial charge in [0.15, 0.2) is 5.13 Å². The molecular weight excluding hydrogens is 450 g/mol. The van der Waals surface area contributed by atoms with Gasteiger partial charge < -0.3 is 5.32 Å². The standard InChI is InChI=1S/C22H27N3O3S3/c1-15(2)25(16(3)4)31(27,28)18-10-11-19-20(12-18)30-22(23-19)24-21(26)14-29-13-17-8-6-5-7-9-17/h5-12,15-16H,13-14H2,1-4H3,(H,23,24,26). The highest BCUT2D eigenvalue weighted by atomic mass is 32.2. The number of sulfonamides is 1. The van der Waals surface area contributed by atoms with Crippen molar-refractivity contribution in [3.05, 3.63) is 54.1 Å². The minimum atomic E-state index is -3.62. The second-order valence-corrected chi connectivity index (χ2v) is 11.6. The van der Waals surface area contributed by atoms with Crippen LogP contribution in [-0.4, -0.2) is 41.5 Å². The fourth-order valence-electron chi connectivity index (χ4n) is 3.38. The summed E-state index contributed by atoms with van der Waals surface area (Å²) < 4.78 is 28.5. The molecule has 0 aliphatic carbocycles. The molecular formula is C22H27N3O3S3. The third-order valence-electron chi connectivity index (χ3n) is 4.54. The highest BCUT2D eigenvalue weighted by Gasteiger charge is 2.29. The number of amides is 1. The highest BCUT2D eigenvalue weighted by Crippen LogP contribution is 2.30. The first-order chi connectivity index (χ1) is 14.7. The molecule has 0 spiro atoms. The lowest BCUT2D eigenvalue weighted by molar-refractivity contribution is -0.113. The van der Waals surface area contributed by atoms with Crippen molar-refractivity contribution < 1.29 is 13.2 Å². The lowest BCUT2D eigenvalue weighted by Gasteiger charge is -2.29. The van der Waals surface area contributed by atoms with E-state index >= 15 is 0 Å². The SMILES string of the molecule is CC(C)N(C(C)C)S(=O)(=O)c1ccc2nc(NC(=O)CSCc3ccccc3)sc2c1. The zero-order chi connectivity index (χ0) is 22.6. The zero-order valence-electron chi connectivity index (χ0n) is 18.0. The van der Waals surface area contributed by atoms with Crippen LogP contribution in [-0.2, 0) is 20.6 Å². The Labute approximate surface area is 192 Å². The minimum absolute atomic E-state index is 0.126. The molecule has 0 bridgehead atoms. The predicted octanol–water partition coefficient (Wildman–Crippen LogP) is 4.98. The number of carbonyl (C=O) groups excluding carboxylic acids is 1. The minimum Gasteiger partial charge on any atom is -0.301 e. The second kappa shape index (κ2) is 10.1. The number of aromatic nitrogens is 1. The summed E-state index contributed by atoms with van der Waals surface area (Å²) in [5.41, 5.74) is 1.84. The summed E-state index contributed by atoms with van der Waals surface area (Å²) in [6.45, 7) is 7.47. The molecule has 0 atom stereocenters. The lowest BCUT2D eigenvalue weighted by atomic mass is 10.2. The van der Waals surface area contributed by atoms with Crippen molar-refractivity contribution >= 4 is 54.4 Å². The molecule has 0 saturated heterocycles. The van der Waals surface area contributed by atoms with Crippen molar-refractivity contribution in [2.24, 2.45) is 0 Å². The fraction of sp³-hybridized carbons (Fsp3) is 0.364. The van der Waals surface area contributed by atoms with Gasteiger partial charge in [0.05, 0.1) is 20.9 Å². The van der Waals surface area contributed by atoms with E-state index < -0.39 is 10.0 Å². The number of nitrogens with one attached hydrogen (secondary N) is 1. The van der Waals surface area contributed by atoms with E-state index in [1.165, 1.54) is 33.0 Å². The van der Waals surface area contributed by atoms with Gasteiger partial charge in [-0.2, -0.15) is 4.31 Å². The Hall–Kier alpha value is -1.94. The number of carbonyl (C=O) groups is 1.